The van der Waals surface area contributed by atoms with Gasteiger partial charge in [0.2, 0.25) is 10.0 Å². The number of hydrogen-bond acceptors (Lipinski definition) is 4. The maximum atomic E-state index is 12.9. The number of aliphatic hydroxyl groups is 1. The van der Waals surface area contributed by atoms with Gasteiger partial charge in [0.05, 0.1) is 36.3 Å². The van der Waals surface area contributed by atoms with Crippen LogP contribution in [0.4, 0.5) is 0 Å². The molecule has 1 saturated heterocycles. The van der Waals surface area contributed by atoms with Gasteiger partial charge in [0.15, 0.2) is 0 Å². The number of benzene rings is 3. The van der Waals surface area contributed by atoms with E-state index >= 15 is 0 Å². The summed E-state index contributed by atoms with van der Waals surface area (Å²) in [7, 11) is -3.79. The van der Waals surface area contributed by atoms with Crippen LogP contribution in [-0.4, -0.2) is 43.5 Å². The van der Waals surface area contributed by atoms with Crippen molar-refractivity contribution in [2.24, 2.45) is 0 Å². The van der Waals surface area contributed by atoms with E-state index in [4.69, 9.17) is 4.74 Å². The van der Waals surface area contributed by atoms with Crippen LogP contribution in [0.1, 0.15) is 11.6 Å². The zero-order valence-corrected chi connectivity index (χ0v) is 17.9. The summed E-state index contributed by atoms with van der Waals surface area (Å²) in [5.41, 5.74) is 2.95. The van der Waals surface area contributed by atoms with Crippen LogP contribution < -0.4 is 4.72 Å². The summed E-state index contributed by atoms with van der Waals surface area (Å²) in [6, 6.07) is 21.5. The standard InChI is InChI=1S/C24H24N2O4S/c1-16-10-12-17(13-11-16)31(28,29)25-20-14-30-15-23(24(20)27)26-21-8-4-2-6-18(21)19-7-3-5-9-22(19)26/h2-13,20,23-25,27H,14-15H2,1H3/t20-,23+,24+/m0/s1. The van der Waals surface area contributed by atoms with E-state index in [1.54, 1.807) is 24.3 Å². The van der Waals surface area contributed by atoms with Crippen LogP contribution in [0.15, 0.2) is 77.7 Å². The van der Waals surface area contributed by atoms with E-state index in [-0.39, 0.29) is 11.5 Å². The number of nitrogens with one attached hydrogen (secondary N) is 1. The normalized spacial score (nSPS) is 22.2. The summed E-state index contributed by atoms with van der Waals surface area (Å²) in [6.07, 6.45) is -0.951. The van der Waals surface area contributed by atoms with E-state index in [1.807, 2.05) is 43.3 Å². The van der Waals surface area contributed by atoms with Crippen molar-refractivity contribution >= 4 is 31.8 Å². The molecule has 0 aliphatic carbocycles. The molecule has 0 radical (unpaired) electrons. The fourth-order valence-electron chi connectivity index (χ4n) is 4.41. The molecule has 160 valence electrons. The predicted octanol–water partition coefficient (Wildman–Crippen LogP) is 3.38. The highest BCUT2D eigenvalue weighted by Gasteiger charge is 2.37. The Morgan fingerprint density at radius 2 is 1.48 bits per heavy atom. The van der Waals surface area contributed by atoms with Crippen LogP contribution in [0.3, 0.4) is 0 Å². The zero-order valence-electron chi connectivity index (χ0n) is 17.1. The summed E-state index contributed by atoms with van der Waals surface area (Å²) in [5, 5.41) is 13.4. The summed E-state index contributed by atoms with van der Waals surface area (Å²) in [5.74, 6) is 0. The number of aromatic nitrogens is 1. The number of fused-ring (bicyclic) bond motifs is 3. The number of aliphatic hydroxyl groups excluding tert-OH is 1. The van der Waals surface area contributed by atoms with E-state index < -0.39 is 28.2 Å². The molecule has 31 heavy (non-hydrogen) atoms. The summed E-state index contributed by atoms with van der Waals surface area (Å²) in [4.78, 5) is 0.171. The highest BCUT2D eigenvalue weighted by atomic mass is 32.2. The Morgan fingerprint density at radius 1 is 0.903 bits per heavy atom. The summed E-state index contributed by atoms with van der Waals surface area (Å²) in [6.45, 7) is 2.31. The fourth-order valence-corrected chi connectivity index (χ4v) is 5.64. The second kappa shape index (κ2) is 7.76. The Labute approximate surface area is 181 Å². The molecule has 1 aliphatic rings. The lowest BCUT2D eigenvalue weighted by Gasteiger charge is -2.36. The second-order valence-electron chi connectivity index (χ2n) is 8.04. The van der Waals surface area contributed by atoms with Crippen molar-refractivity contribution in [1.29, 1.82) is 0 Å². The molecule has 1 aliphatic heterocycles. The van der Waals surface area contributed by atoms with Gasteiger partial charge in [-0.25, -0.2) is 13.1 Å². The van der Waals surface area contributed by atoms with Crippen molar-refractivity contribution in [3.63, 3.8) is 0 Å². The number of nitrogens with zero attached hydrogens (tertiary/aromatic N) is 1. The molecule has 0 bridgehead atoms. The third-order valence-electron chi connectivity index (χ3n) is 5.98. The molecule has 3 aromatic carbocycles. The topological polar surface area (TPSA) is 80.6 Å². The minimum Gasteiger partial charge on any atom is -0.389 e. The molecule has 0 spiro atoms. The number of ether oxygens (including phenoxy) is 1. The minimum atomic E-state index is -3.79. The predicted molar refractivity (Wildman–Crippen MR) is 121 cm³/mol. The molecule has 2 N–H and O–H groups in total. The molecule has 4 aromatic rings. The van der Waals surface area contributed by atoms with Crippen molar-refractivity contribution < 1.29 is 18.3 Å². The van der Waals surface area contributed by atoms with Gasteiger partial charge in [0, 0.05) is 21.8 Å². The van der Waals surface area contributed by atoms with Crippen molar-refractivity contribution in [3.05, 3.63) is 78.4 Å². The lowest BCUT2D eigenvalue weighted by molar-refractivity contribution is -0.0461. The first-order chi connectivity index (χ1) is 15.0. The number of sulfonamides is 1. The Hall–Kier alpha value is -2.71. The van der Waals surface area contributed by atoms with E-state index in [9.17, 15) is 13.5 Å². The first-order valence-electron chi connectivity index (χ1n) is 10.3. The first-order valence-corrected chi connectivity index (χ1v) is 11.8. The Balaban J connectivity index is 1.51. The zero-order chi connectivity index (χ0) is 21.6. The third-order valence-corrected chi connectivity index (χ3v) is 7.49. The van der Waals surface area contributed by atoms with Gasteiger partial charge < -0.3 is 14.4 Å². The average molecular weight is 437 g/mol. The maximum Gasteiger partial charge on any atom is 0.240 e. The number of para-hydroxylation sites is 2. The van der Waals surface area contributed by atoms with Crippen LogP contribution in [0, 0.1) is 6.92 Å². The molecule has 3 atom stereocenters. The van der Waals surface area contributed by atoms with Gasteiger partial charge in [0.25, 0.3) is 0 Å². The highest BCUT2D eigenvalue weighted by Crippen LogP contribution is 2.34. The van der Waals surface area contributed by atoms with E-state index in [0.29, 0.717) is 6.61 Å². The first kappa shape index (κ1) is 20.2. The van der Waals surface area contributed by atoms with E-state index in [0.717, 1.165) is 27.4 Å². The molecule has 2 heterocycles. The van der Waals surface area contributed by atoms with Gasteiger partial charge >= 0.3 is 0 Å². The van der Waals surface area contributed by atoms with E-state index in [2.05, 4.69) is 21.4 Å². The lowest BCUT2D eigenvalue weighted by atomic mass is 10.0. The Morgan fingerprint density at radius 3 is 2.10 bits per heavy atom. The third kappa shape index (κ3) is 3.53. The van der Waals surface area contributed by atoms with Gasteiger partial charge in [-0.3, -0.25) is 0 Å². The fraction of sp³-hybridized carbons (Fsp3) is 0.250. The monoisotopic (exact) mass is 436 g/mol. The SMILES string of the molecule is Cc1ccc(S(=O)(=O)N[C@H]2COC[C@@H](n3c4ccccc4c4ccccc43)[C@@H]2O)cc1. The molecular weight excluding hydrogens is 412 g/mol. The molecule has 1 fully saturated rings. The van der Waals surface area contributed by atoms with Gasteiger partial charge in [-0.1, -0.05) is 54.1 Å². The summed E-state index contributed by atoms with van der Waals surface area (Å²) >= 11 is 0. The molecule has 1 aromatic heterocycles. The smallest absolute Gasteiger partial charge is 0.240 e. The van der Waals surface area contributed by atoms with Crippen LogP contribution in [0.5, 0.6) is 0 Å². The number of aryl methyl sites for hydroxylation is 1. The van der Waals surface area contributed by atoms with Crippen LogP contribution in [-0.2, 0) is 14.8 Å². The largest absolute Gasteiger partial charge is 0.389 e. The van der Waals surface area contributed by atoms with E-state index in [1.165, 1.54) is 0 Å². The molecule has 0 unspecified atom stereocenters. The van der Waals surface area contributed by atoms with Gasteiger partial charge in [-0.05, 0) is 31.2 Å². The van der Waals surface area contributed by atoms with Gasteiger partial charge in [0.1, 0.15) is 0 Å². The molecule has 0 amide bonds. The average Bonchev–Trinajstić information content (AvgIpc) is 3.10. The second-order valence-corrected chi connectivity index (χ2v) is 9.75. The van der Waals surface area contributed by atoms with Crippen LogP contribution >= 0.6 is 0 Å². The van der Waals surface area contributed by atoms with Gasteiger partial charge in [-0.15, -0.1) is 0 Å². The molecular formula is C24H24N2O4S. The van der Waals surface area contributed by atoms with Gasteiger partial charge in [-0.2, -0.15) is 0 Å². The number of hydrogen-bond donors (Lipinski definition) is 2. The Kier molecular flexibility index (Phi) is 5.06. The maximum absolute atomic E-state index is 12.9. The number of rotatable bonds is 4. The quantitative estimate of drug-likeness (QED) is 0.514. The van der Waals surface area contributed by atoms with Crippen molar-refractivity contribution in [1.82, 2.24) is 9.29 Å². The van der Waals surface area contributed by atoms with Crippen molar-refractivity contribution in [2.75, 3.05) is 13.2 Å². The molecule has 0 saturated carbocycles. The lowest BCUT2D eigenvalue weighted by Crippen LogP contribution is -2.53. The Bertz CT molecular complexity index is 1290. The highest BCUT2D eigenvalue weighted by molar-refractivity contribution is 7.89. The van der Waals surface area contributed by atoms with Crippen LogP contribution in [0.25, 0.3) is 21.8 Å². The van der Waals surface area contributed by atoms with Crippen molar-refractivity contribution in [3.8, 4) is 0 Å². The molecule has 6 nitrogen and oxygen atoms in total. The molecule has 5 rings (SSSR count). The molecule has 7 heteroatoms. The van der Waals surface area contributed by atoms with Crippen LogP contribution in [0.2, 0.25) is 0 Å². The summed E-state index contributed by atoms with van der Waals surface area (Å²) < 4.78 is 36.3. The van der Waals surface area contributed by atoms with Crippen molar-refractivity contribution in [2.45, 2.75) is 30.0 Å². The minimum absolute atomic E-state index is 0.111.